The van der Waals surface area contributed by atoms with Crippen LogP contribution in [0.3, 0.4) is 0 Å². The normalized spacial score (nSPS) is 21.7. The van der Waals surface area contributed by atoms with E-state index in [1.165, 1.54) is 24.8 Å². The van der Waals surface area contributed by atoms with Crippen molar-refractivity contribution in [3.05, 3.63) is 29.6 Å². The number of nitrogens with one attached hydrogen (secondary N) is 2. The quantitative estimate of drug-likeness (QED) is 0.792. The number of rotatable bonds is 3. The number of H-pyrrole nitrogens is 1. The van der Waals surface area contributed by atoms with Gasteiger partial charge < -0.3 is 16.0 Å². The first-order chi connectivity index (χ1) is 9.22. The van der Waals surface area contributed by atoms with Crippen LogP contribution in [0.25, 0.3) is 11.0 Å². The van der Waals surface area contributed by atoms with Crippen LogP contribution in [0.4, 0.5) is 0 Å². The molecule has 1 aromatic carbocycles. The third kappa shape index (κ3) is 2.80. The van der Waals surface area contributed by atoms with Crippen molar-refractivity contribution in [2.24, 2.45) is 5.73 Å². The number of imidazole rings is 1. The van der Waals surface area contributed by atoms with Gasteiger partial charge in [0.1, 0.15) is 5.82 Å². The molecule has 0 amide bonds. The molecular weight excluding hydrogens is 236 g/mol. The fraction of sp³-hybridized carbons (Fsp3) is 0.533. The SMILES string of the molecule is Cc1nc2ccc(C(N)CC3CCCCN3)cc2[nH]1. The van der Waals surface area contributed by atoms with Crippen molar-refractivity contribution < 1.29 is 0 Å². The Hall–Kier alpha value is -1.39. The third-order valence-electron chi connectivity index (χ3n) is 4.00. The van der Waals surface area contributed by atoms with Gasteiger partial charge in [-0.05, 0) is 50.4 Å². The molecule has 4 heteroatoms. The summed E-state index contributed by atoms with van der Waals surface area (Å²) in [5.74, 6) is 0.953. The van der Waals surface area contributed by atoms with Gasteiger partial charge in [-0.2, -0.15) is 0 Å². The highest BCUT2D eigenvalue weighted by molar-refractivity contribution is 5.75. The molecule has 1 saturated heterocycles. The first-order valence-electron chi connectivity index (χ1n) is 7.17. The number of nitrogens with zero attached hydrogens (tertiary/aromatic N) is 1. The lowest BCUT2D eigenvalue weighted by Gasteiger charge is -2.26. The number of fused-ring (bicyclic) bond motifs is 1. The van der Waals surface area contributed by atoms with Crippen molar-refractivity contribution in [3.8, 4) is 0 Å². The molecule has 2 heterocycles. The lowest BCUT2D eigenvalue weighted by atomic mass is 9.94. The van der Waals surface area contributed by atoms with E-state index in [2.05, 4.69) is 33.5 Å². The summed E-state index contributed by atoms with van der Waals surface area (Å²) in [7, 11) is 0. The van der Waals surface area contributed by atoms with E-state index in [-0.39, 0.29) is 6.04 Å². The van der Waals surface area contributed by atoms with Crippen molar-refractivity contribution in [3.63, 3.8) is 0 Å². The maximum Gasteiger partial charge on any atom is 0.104 e. The molecule has 4 N–H and O–H groups in total. The predicted molar refractivity (Wildman–Crippen MR) is 78.0 cm³/mol. The minimum absolute atomic E-state index is 0.101. The molecule has 2 atom stereocenters. The van der Waals surface area contributed by atoms with Gasteiger partial charge in [-0.1, -0.05) is 12.5 Å². The highest BCUT2D eigenvalue weighted by atomic mass is 14.9. The summed E-state index contributed by atoms with van der Waals surface area (Å²) in [5, 5.41) is 3.56. The zero-order chi connectivity index (χ0) is 13.2. The molecule has 102 valence electrons. The number of nitrogens with two attached hydrogens (primary N) is 1. The number of aromatic nitrogens is 2. The van der Waals surface area contributed by atoms with Gasteiger partial charge in [0.15, 0.2) is 0 Å². The van der Waals surface area contributed by atoms with Crippen LogP contribution in [0.15, 0.2) is 18.2 Å². The summed E-state index contributed by atoms with van der Waals surface area (Å²) < 4.78 is 0. The Kier molecular flexibility index (Phi) is 3.53. The van der Waals surface area contributed by atoms with Crippen LogP contribution in [0, 0.1) is 6.92 Å². The minimum Gasteiger partial charge on any atom is -0.342 e. The Morgan fingerprint density at radius 1 is 1.42 bits per heavy atom. The second-order valence-corrected chi connectivity index (χ2v) is 5.59. The largest absolute Gasteiger partial charge is 0.342 e. The number of aryl methyl sites for hydroxylation is 1. The summed E-state index contributed by atoms with van der Waals surface area (Å²) in [4.78, 5) is 7.70. The van der Waals surface area contributed by atoms with Crippen molar-refractivity contribution in [2.75, 3.05) is 6.54 Å². The maximum absolute atomic E-state index is 6.35. The van der Waals surface area contributed by atoms with Gasteiger partial charge in [0.25, 0.3) is 0 Å². The van der Waals surface area contributed by atoms with E-state index in [0.29, 0.717) is 6.04 Å². The van der Waals surface area contributed by atoms with E-state index in [1.54, 1.807) is 0 Å². The average molecular weight is 258 g/mol. The van der Waals surface area contributed by atoms with Crippen LogP contribution in [-0.4, -0.2) is 22.6 Å². The molecule has 2 unspecified atom stereocenters. The standard InChI is InChI=1S/C15H22N4/c1-10-18-14-6-5-11(8-15(14)19-10)13(16)9-12-4-2-3-7-17-12/h5-6,8,12-13,17H,2-4,7,9,16H2,1H3,(H,18,19). The predicted octanol–water partition coefficient (Wildman–Crippen LogP) is 2.40. The smallest absolute Gasteiger partial charge is 0.104 e. The first-order valence-corrected chi connectivity index (χ1v) is 7.17. The average Bonchev–Trinajstić information content (AvgIpc) is 2.78. The molecule has 0 bridgehead atoms. The van der Waals surface area contributed by atoms with E-state index in [9.17, 15) is 0 Å². The van der Waals surface area contributed by atoms with Gasteiger partial charge in [0.05, 0.1) is 11.0 Å². The number of aromatic amines is 1. The van der Waals surface area contributed by atoms with Gasteiger partial charge >= 0.3 is 0 Å². The van der Waals surface area contributed by atoms with Crippen molar-refractivity contribution in [1.82, 2.24) is 15.3 Å². The van der Waals surface area contributed by atoms with Gasteiger partial charge in [-0.25, -0.2) is 4.98 Å². The number of hydrogen-bond acceptors (Lipinski definition) is 3. The zero-order valence-corrected chi connectivity index (χ0v) is 11.4. The van der Waals surface area contributed by atoms with Gasteiger partial charge in [0, 0.05) is 12.1 Å². The molecule has 4 nitrogen and oxygen atoms in total. The minimum atomic E-state index is 0.101. The van der Waals surface area contributed by atoms with Gasteiger partial charge in [-0.15, -0.1) is 0 Å². The molecule has 0 aliphatic carbocycles. The van der Waals surface area contributed by atoms with E-state index in [1.807, 2.05) is 6.92 Å². The van der Waals surface area contributed by atoms with Crippen LogP contribution in [-0.2, 0) is 0 Å². The highest BCUT2D eigenvalue weighted by Gasteiger charge is 2.17. The van der Waals surface area contributed by atoms with E-state index < -0.39 is 0 Å². The molecule has 0 radical (unpaired) electrons. The highest BCUT2D eigenvalue weighted by Crippen LogP contribution is 2.23. The molecule has 0 spiro atoms. The summed E-state index contributed by atoms with van der Waals surface area (Å²) in [6.07, 6.45) is 4.88. The fourth-order valence-electron chi connectivity index (χ4n) is 2.95. The summed E-state index contributed by atoms with van der Waals surface area (Å²) in [6, 6.07) is 6.98. The van der Waals surface area contributed by atoms with E-state index in [0.717, 1.165) is 29.8 Å². The number of hydrogen-bond donors (Lipinski definition) is 3. The maximum atomic E-state index is 6.35. The van der Waals surface area contributed by atoms with E-state index in [4.69, 9.17) is 5.73 Å². The molecular formula is C15H22N4. The topological polar surface area (TPSA) is 66.7 Å². The van der Waals surface area contributed by atoms with Crippen LogP contribution >= 0.6 is 0 Å². The van der Waals surface area contributed by atoms with Crippen LogP contribution in [0.1, 0.15) is 43.1 Å². The van der Waals surface area contributed by atoms with E-state index >= 15 is 0 Å². The Balaban J connectivity index is 1.74. The lowest BCUT2D eigenvalue weighted by molar-refractivity contribution is 0.362. The second-order valence-electron chi connectivity index (χ2n) is 5.59. The molecule has 1 aliphatic rings. The zero-order valence-electron chi connectivity index (χ0n) is 11.4. The molecule has 1 aromatic heterocycles. The molecule has 1 aliphatic heterocycles. The number of piperidine rings is 1. The van der Waals surface area contributed by atoms with Gasteiger partial charge in [-0.3, -0.25) is 0 Å². The fourth-order valence-corrected chi connectivity index (χ4v) is 2.95. The lowest BCUT2D eigenvalue weighted by Crippen LogP contribution is -2.36. The Bertz CT molecular complexity index is 554. The van der Waals surface area contributed by atoms with Crippen LogP contribution < -0.4 is 11.1 Å². The molecule has 1 fully saturated rings. The molecule has 2 aromatic rings. The molecule has 3 rings (SSSR count). The van der Waals surface area contributed by atoms with Crippen molar-refractivity contribution in [1.29, 1.82) is 0 Å². The molecule has 19 heavy (non-hydrogen) atoms. The number of benzene rings is 1. The summed E-state index contributed by atoms with van der Waals surface area (Å²) in [5.41, 5.74) is 9.65. The van der Waals surface area contributed by atoms with Crippen LogP contribution in [0.5, 0.6) is 0 Å². The third-order valence-corrected chi connectivity index (χ3v) is 4.00. The Morgan fingerprint density at radius 2 is 2.32 bits per heavy atom. The summed E-state index contributed by atoms with van der Waals surface area (Å²) >= 11 is 0. The Labute approximate surface area is 113 Å². The molecule has 0 saturated carbocycles. The monoisotopic (exact) mass is 258 g/mol. The van der Waals surface area contributed by atoms with Gasteiger partial charge in [0.2, 0.25) is 0 Å². The van der Waals surface area contributed by atoms with Crippen molar-refractivity contribution >= 4 is 11.0 Å². The first kappa shape index (κ1) is 12.6. The second kappa shape index (κ2) is 5.31. The summed E-state index contributed by atoms with van der Waals surface area (Å²) in [6.45, 7) is 3.11. The Morgan fingerprint density at radius 3 is 3.11 bits per heavy atom. The van der Waals surface area contributed by atoms with Crippen molar-refractivity contribution in [2.45, 2.75) is 44.7 Å². The van der Waals surface area contributed by atoms with Crippen LogP contribution in [0.2, 0.25) is 0 Å².